The van der Waals surface area contributed by atoms with Crippen molar-refractivity contribution in [1.29, 1.82) is 0 Å². The minimum absolute atomic E-state index is 0.482. The highest BCUT2D eigenvalue weighted by atomic mass is 79.9. The minimum atomic E-state index is 0.482. The Labute approximate surface area is 114 Å². The number of thioether (sulfide) groups is 1. The largest absolute Gasteiger partial charge is 0.298 e. The van der Waals surface area contributed by atoms with Gasteiger partial charge in [0.25, 0.3) is 0 Å². The van der Waals surface area contributed by atoms with Crippen molar-refractivity contribution < 1.29 is 0 Å². The Hall–Kier alpha value is 0.790. The Kier molecular flexibility index (Phi) is 6.17. The van der Waals surface area contributed by atoms with Crippen molar-refractivity contribution in [1.82, 2.24) is 4.90 Å². The van der Waals surface area contributed by atoms with Crippen LogP contribution in [0.25, 0.3) is 0 Å². The Bertz CT molecular complexity index is 198. The van der Waals surface area contributed by atoms with Crippen LogP contribution in [-0.2, 0) is 0 Å². The molecule has 0 aromatic carbocycles. The topological polar surface area (TPSA) is 3.24 Å². The van der Waals surface area contributed by atoms with Crippen LogP contribution in [0.5, 0.6) is 0 Å². The van der Waals surface area contributed by atoms with Crippen LogP contribution in [0.4, 0.5) is 0 Å². The van der Waals surface area contributed by atoms with Crippen LogP contribution in [0.3, 0.4) is 0 Å². The van der Waals surface area contributed by atoms with Crippen molar-refractivity contribution in [2.24, 2.45) is 5.41 Å². The molecule has 96 valence electrons. The molecule has 1 fully saturated rings. The van der Waals surface area contributed by atoms with Crippen LogP contribution in [-0.4, -0.2) is 40.4 Å². The van der Waals surface area contributed by atoms with Crippen LogP contribution in [0.15, 0.2) is 0 Å². The van der Waals surface area contributed by atoms with Gasteiger partial charge in [0.05, 0.1) is 0 Å². The summed E-state index contributed by atoms with van der Waals surface area (Å²) in [6, 6.07) is 0.732. The lowest BCUT2D eigenvalue weighted by Gasteiger charge is -2.43. The van der Waals surface area contributed by atoms with Crippen molar-refractivity contribution >= 4 is 27.7 Å². The molecule has 1 saturated heterocycles. The second-order valence-electron chi connectivity index (χ2n) is 5.13. The predicted molar refractivity (Wildman–Crippen MR) is 79.8 cm³/mol. The highest BCUT2D eigenvalue weighted by molar-refractivity contribution is 9.09. The molecule has 0 aliphatic carbocycles. The molecule has 2 atom stereocenters. The highest BCUT2D eigenvalue weighted by Gasteiger charge is 2.32. The molecular formula is C13H26BrNS. The van der Waals surface area contributed by atoms with Gasteiger partial charge in [0.2, 0.25) is 0 Å². The molecule has 0 aromatic heterocycles. The summed E-state index contributed by atoms with van der Waals surface area (Å²) in [5.41, 5.74) is 0.482. The predicted octanol–water partition coefficient (Wildman–Crippen LogP) is 4.01. The molecule has 0 N–H and O–H groups in total. The normalized spacial score (nSPS) is 28.3. The Balaban J connectivity index is 2.63. The first kappa shape index (κ1) is 14.8. The lowest BCUT2D eigenvalue weighted by molar-refractivity contribution is 0.125. The van der Waals surface area contributed by atoms with E-state index in [0.717, 1.165) is 16.6 Å². The van der Waals surface area contributed by atoms with Gasteiger partial charge in [-0.15, -0.1) is 0 Å². The molecule has 0 spiro atoms. The molecule has 1 aliphatic heterocycles. The molecule has 16 heavy (non-hydrogen) atoms. The van der Waals surface area contributed by atoms with Crippen molar-refractivity contribution in [2.45, 2.75) is 51.8 Å². The summed E-state index contributed by atoms with van der Waals surface area (Å²) < 4.78 is 0. The average Bonchev–Trinajstić information content (AvgIpc) is 2.32. The van der Waals surface area contributed by atoms with E-state index in [2.05, 4.69) is 60.3 Å². The quantitative estimate of drug-likeness (QED) is 0.706. The average molecular weight is 308 g/mol. The minimum Gasteiger partial charge on any atom is -0.298 e. The van der Waals surface area contributed by atoms with E-state index in [1.807, 2.05) is 0 Å². The monoisotopic (exact) mass is 307 g/mol. The molecule has 2 unspecified atom stereocenters. The third-order valence-electron chi connectivity index (χ3n) is 4.34. The van der Waals surface area contributed by atoms with Crippen LogP contribution in [0.1, 0.15) is 40.5 Å². The maximum absolute atomic E-state index is 3.72. The summed E-state index contributed by atoms with van der Waals surface area (Å²) >= 11 is 5.85. The molecule has 0 saturated carbocycles. The molecule has 3 heteroatoms. The number of alkyl halides is 1. The summed E-state index contributed by atoms with van der Waals surface area (Å²) in [6.07, 6.45) is 2.55. The fraction of sp³-hybridized carbons (Fsp3) is 1.00. The van der Waals surface area contributed by atoms with Gasteiger partial charge >= 0.3 is 0 Å². The first-order chi connectivity index (χ1) is 7.58. The standard InChI is InChI=1S/C13H26BrNS/c1-5-13(6-2,9-14)10-15-7-8-16-12(4)11(15)3/h11-12H,5-10H2,1-4H3. The van der Waals surface area contributed by atoms with E-state index in [1.54, 1.807) is 0 Å². The van der Waals surface area contributed by atoms with E-state index >= 15 is 0 Å². The Morgan fingerprint density at radius 3 is 2.44 bits per heavy atom. The number of hydrogen-bond donors (Lipinski definition) is 0. The number of halogens is 1. The number of hydrogen-bond acceptors (Lipinski definition) is 2. The molecule has 0 radical (unpaired) electrons. The van der Waals surface area contributed by atoms with Crippen LogP contribution >= 0.6 is 27.7 Å². The van der Waals surface area contributed by atoms with Gasteiger partial charge in [-0.2, -0.15) is 11.8 Å². The van der Waals surface area contributed by atoms with Crippen LogP contribution < -0.4 is 0 Å². The van der Waals surface area contributed by atoms with E-state index < -0.39 is 0 Å². The second kappa shape index (κ2) is 6.65. The SMILES string of the molecule is CCC(CC)(CBr)CN1CCSC(C)C1C. The fourth-order valence-corrected chi connectivity index (χ4v) is 4.49. The van der Waals surface area contributed by atoms with E-state index in [4.69, 9.17) is 0 Å². The first-order valence-electron chi connectivity index (χ1n) is 6.50. The van der Waals surface area contributed by atoms with Gasteiger partial charge in [0.1, 0.15) is 0 Å². The molecule has 0 aromatic rings. The van der Waals surface area contributed by atoms with E-state index in [1.165, 1.54) is 31.7 Å². The number of nitrogens with zero attached hydrogens (tertiary/aromatic N) is 1. The maximum atomic E-state index is 3.72. The van der Waals surface area contributed by atoms with E-state index in [-0.39, 0.29) is 0 Å². The zero-order valence-electron chi connectivity index (χ0n) is 11.1. The summed E-state index contributed by atoms with van der Waals surface area (Å²) in [5, 5.41) is 1.92. The van der Waals surface area contributed by atoms with E-state index in [0.29, 0.717) is 5.41 Å². The third-order valence-corrected chi connectivity index (χ3v) is 6.86. The van der Waals surface area contributed by atoms with Crippen LogP contribution in [0, 0.1) is 5.41 Å². The van der Waals surface area contributed by atoms with Gasteiger partial charge in [-0.25, -0.2) is 0 Å². The van der Waals surface area contributed by atoms with Gasteiger partial charge in [-0.05, 0) is 25.2 Å². The smallest absolute Gasteiger partial charge is 0.0184 e. The summed E-state index contributed by atoms with van der Waals surface area (Å²) in [4.78, 5) is 2.70. The molecule has 1 aliphatic rings. The highest BCUT2D eigenvalue weighted by Crippen LogP contribution is 2.33. The van der Waals surface area contributed by atoms with Gasteiger partial charge in [0, 0.05) is 35.5 Å². The summed E-state index contributed by atoms with van der Waals surface area (Å²) in [7, 11) is 0. The molecule has 1 heterocycles. The zero-order valence-corrected chi connectivity index (χ0v) is 13.5. The zero-order chi connectivity index (χ0) is 12.2. The molecule has 1 nitrogen and oxygen atoms in total. The van der Waals surface area contributed by atoms with E-state index in [9.17, 15) is 0 Å². The van der Waals surface area contributed by atoms with Crippen molar-refractivity contribution in [3.63, 3.8) is 0 Å². The lowest BCUT2D eigenvalue weighted by atomic mass is 9.83. The van der Waals surface area contributed by atoms with Gasteiger partial charge in [-0.3, -0.25) is 4.90 Å². The second-order valence-corrected chi connectivity index (χ2v) is 7.17. The van der Waals surface area contributed by atoms with Crippen molar-refractivity contribution in [3.05, 3.63) is 0 Å². The number of rotatable bonds is 5. The first-order valence-corrected chi connectivity index (χ1v) is 8.67. The van der Waals surface area contributed by atoms with Gasteiger partial charge < -0.3 is 0 Å². The molecular weight excluding hydrogens is 282 g/mol. The van der Waals surface area contributed by atoms with Crippen molar-refractivity contribution in [3.8, 4) is 0 Å². The van der Waals surface area contributed by atoms with Gasteiger partial charge in [-0.1, -0.05) is 36.7 Å². The molecule has 1 rings (SSSR count). The Morgan fingerprint density at radius 1 is 1.31 bits per heavy atom. The molecule has 0 amide bonds. The third kappa shape index (κ3) is 3.39. The van der Waals surface area contributed by atoms with Crippen LogP contribution in [0.2, 0.25) is 0 Å². The summed E-state index contributed by atoms with van der Waals surface area (Å²) in [5.74, 6) is 1.30. The maximum Gasteiger partial charge on any atom is 0.0184 e. The van der Waals surface area contributed by atoms with Crippen molar-refractivity contribution in [2.75, 3.05) is 24.2 Å². The summed E-state index contributed by atoms with van der Waals surface area (Å²) in [6.45, 7) is 12.0. The van der Waals surface area contributed by atoms with Gasteiger partial charge in [0.15, 0.2) is 0 Å². The lowest BCUT2D eigenvalue weighted by Crippen LogP contribution is -2.49. The fourth-order valence-electron chi connectivity index (χ4n) is 2.35. The molecule has 0 bridgehead atoms. The Morgan fingerprint density at radius 2 is 1.94 bits per heavy atom.